The number of rotatable bonds is 3. The number of anilines is 1. The lowest BCUT2D eigenvalue weighted by atomic mass is 10.2. The molecular formula is C20H11BrClNO3S. The summed E-state index contributed by atoms with van der Waals surface area (Å²) in [6.07, 6.45) is 1.58. The molecule has 1 aromatic heterocycles. The number of nitrogens with zero attached hydrogens (tertiary/aromatic N) is 1. The Labute approximate surface area is 172 Å². The van der Waals surface area contributed by atoms with Crippen LogP contribution in [0.15, 0.2) is 74.5 Å². The summed E-state index contributed by atoms with van der Waals surface area (Å²) in [5, 5.41) is 0.0903. The second kappa shape index (κ2) is 7.38. The van der Waals surface area contributed by atoms with Gasteiger partial charge in [-0.1, -0.05) is 45.7 Å². The number of carbonyl (C=O) groups is 2. The average Bonchev–Trinajstić information content (AvgIpc) is 3.20. The smallest absolute Gasteiger partial charge is 0.298 e. The number of benzene rings is 2. The topological polar surface area (TPSA) is 50.5 Å². The van der Waals surface area contributed by atoms with Crippen molar-refractivity contribution in [2.24, 2.45) is 0 Å². The molecule has 4 rings (SSSR count). The number of hydrogen-bond donors (Lipinski definition) is 0. The second-order valence-electron chi connectivity index (χ2n) is 5.71. The van der Waals surface area contributed by atoms with Gasteiger partial charge in [0.15, 0.2) is 0 Å². The van der Waals surface area contributed by atoms with Gasteiger partial charge >= 0.3 is 0 Å². The first-order valence-corrected chi connectivity index (χ1v) is 9.89. The maximum atomic E-state index is 12.7. The van der Waals surface area contributed by atoms with Gasteiger partial charge in [-0.25, -0.2) is 4.90 Å². The van der Waals surface area contributed by atoms with Crippen molar-refractivity contribution in [2.75, 3.05) is 4.90 Å². The molecule has 0 unspecified atom stereocenters. The highest BCUT2D eigenvalue weighted by molar-refractivity contribution is 9.10. The monoisotopic (exact) mass is 459 g/mol. The fourth-order valence-corrected chi connectivity index (χ4v) is 4.07. The summed E-state index contributed by atoms with van der Waals surface area (Å²) < 4.78 is 6.76. The van der Waals surface area contributed by atoms with E-state index in [9.17, 15) is 9.59 Å². The van der Waals surface area contributed by atoms with Crippen LogP contribution in [0.3, 0.4) is 0 Å². The van der Waals surface area contributed by atoms with Crippen LogP contribution < -0.4 is 4.90 Å². The summed E-state index contributed by atoms with van der Waals surface area (Å²) in [5.74, 6) is 0.783. The van der Waals surface area contributed by atoms with Crippen molar-refractivity contribution in [3.8, 4) is 11.3 Å². The van der Waals surface area contributed by atoms with Crippen LogP contribution in [0.5, 0.6) is 0 Å². The van der Waals surface area contributed by atoms with Crippen molar-refractivity contribution in [2.45, 2.75) is 0 Å². The van der Waals surface area contributed by atoms with Gasteiger partial charge in [-0.15, -0.1) is 0 Å². The number of halogens is 2. The lowest BCUT2D eigenvalue weighted by Gasteiger charge is -2.12. The first-order chi connectivity index (χ1) is 13.0. The normalized spacial score (nSPS) is 15.8. The molecule has 0 aliphatic carbocycles. The number of hydrogen-bond acceptors (Lipinski definition) is 4. The first-order valence-electron chi connectivity index (χ1n) is 7.90. The number of amides is 2. The van der Waals surface area contributed by atoms with Crippen LogP contribution in [-0.4, -0.2) is 11.1 Å². The molecule has 2 amide bonds. The molecule has 134 valence electrons. The molecule has 1 aliphatic heterocycles. The minimum atomic E-state index is -0.396. The summed E-state index contributed by atoms with van der Waals surface area (Å²) in [7, 11) is 0. The highest BCUT2D eigenvalue weighted by Crippen LogP contribution is 2.37. The molecule has 0 saturated carbocycles. The van der Waals surface area contributed by atoms with E-state index in [0.717, 1.165) is 26.7 Å². The van der Waals surface area contributed by atoms with Gasteiger partial charge in [0.05, 0.1) is 10.6 Å². The summed E-state index contributed by atoms with van der Waals surface area (Å²) in [4.78, 5) is 26.4. The molecule has 0 atom stereocenters. The van der Waals surface area contributed by atoms with E-state index >= 15 is 0 Å². The third kappa shape index (κ3) is 3.74. The quantitative estimate of drug-likeness (QED) is 0.413. The molecular weight excluding hydrogens is 450 g/mol. The SMILES string of the molecule is O=C1S/C(=C/c2ccc(-c3cccc(Br)c3)o2)C(=O)N1c1cccc(Cl)c1. The van der Waals surface area contributed by atoms with E-state index in [0.29, 0.717) is 27.1 Å². The van der Waals surface area contributed by atoms with Gasteiger partial charge in [-0.2, -0.15) is 0 Å². The lowest BCUT2D eigenvalue weighted by Crippen LogP contribution is -2.27. The summed E-state index contributed by atoms with van der Waals surface area (Å²) in [6, 6.07) is 17.9. The highest BCUT2D eigenvalue weighted by atomic mass is 79.9. The zero-order chi connectivity index (χ0) is 19.0. The van der Waals surface area contributed by atoms with Crippen molar-refractivity contribution < 1.29 is 14.0 Å². The molecule has 27 heavy (non-hydrogen) atoms. The molecule has 1 aliphatic rings. The van der Waals surface area contributed by atoms with Crippen molar-refractivity contribution in [1.82, 2.24) is 0 Å². The van der Waals surface area contributed by atoms with Gasteiger partial charge in [0.1, 0.15) is 11.5 Å². The molecule has 0 bridgehead atoms. The van der Waals surface area contributed by atoms with Crippen molar-refractivity contribution in [3.05, 3.63) is 80.8 Å². The highest BCUT2D eigenvalue weighted by Gasteiger charge is 2.36. The molecule has 2 heterocycles. The molecule has 0 spiro atoms. The Kier molecular flexibility index (Phi) is 4.95. The maximum absolute atomic E-state index is 12.7. The Bertz CT molecular complexity index is 1090. The largest absolute Gasteiger partial charge is 0.457 e. The molecule has 2 aromatic carbocycles. The van der Waals surface area contributed by atoms with E-state index in [1.54, 1.807) is 36.4 Å². The average molecular weight is 461 g/mol. The zero-order valence-electron chi connectivity index (χ0n) is 13.7. The predicted molar refractivity (Wildman–Crippen MR) is 112 cm³/mol. The second-order valence-corrected chi connectivity index (χ2v) is 8.05. The van der Waals surface area contributed by atoms with Gasteiger partial charge in [-0.3, -0.25) is 9.59 Å². The van der Waals surface area contributed by atoms with E-state index in [2.05, 4.69) is 15.9 Å². The molecule has 4 nitrogen and oxygen atoms in total. The van der Waals surface area contributed by atoms with Crippen LogP contribution in [0, 0.1) is 0 Å². The van der Waals surface area contributed by atoms with Gasteiger partial charge in [-0.05, 0) is 54.2 Å². The first kappa shape index (κ1) is 18.1. The Hall–Kier alpha value is -2.28. The zero-order valence-corrected chi connectivity index (χ0v) is 16.8. The van der Waals surface area contributed by atoms with Crippen LogP contribution in [0.2, 0.25) is 5.02 Å². The van der Waals surface area contributed by atoms with Crippen molar-refractivity contribution >= 4 is 62.2 Å². The summed E-state index contributed by atoms with van der Waals surface area (Å²) in [6.45, 7) is 0. The predicted octanol–water partition coefficient (Wildman–Crippen LogP) is 6.60. The van der Waals surface area contributed by atoms with Gasteiger partial charge in [0.2, 0.25) is 0 Å². The Morgan fingerprint density at radius 2 is 1.85 bits per heavy atom. The standard InChI is InChI=1S/C20H11BrClNO3S/c21-13-4-1-3-12(9-13)17-8-7-16(26-17)11-18-19(24)23(20(25)27-18)15-6-2-5-14(22)10-15/h1-11H/b18-11+. The van der Waals surface area contributed by atoms with E-state index < -0.39 is 5.91 Å². The Morgan fingerprint density at radius 1 is 1.04 bits per heavy atom. The van der Waals surface area contributed by atoms with Crippen molar-refractivity contribution in [1.29, 1.82) is 0 Å². The molecule has 0 N–H and O–H groups in total. The van der Waals surface area contributed by atoms with Gasteiger partial charge in [0, 0.05) is 21.1 Å². The van der Waals surface area contributed by atoms with Gasteiger partial charge < -0.3 is 4.42 Å². The Morgan fingerprint density at radius 3 is 2.63 bits per heavy atom. The molecule has 1 saturated heterocycles. The van der Waals surface area contributed by atoms with E-state index in [1.807, 2.05) is 30.3 Å². The van der Waals surface area contributed by atoms with Crippen LogP contribution in [-0.2, 0) is 4.79 Å². The minimum Gasteiger partial charge on any atom is -0.457 e. The maximum Gasteiger partial charge on any atom is 0.298 e. The third-order valence-corrected chi connectivity index (χ3v) is 5.47. The lowest BCUT2D eigenvalue weighted by molar-refractivity contribution is -0.113. The third-order valence-electron chi connectivity index (χ3n) is 3.87. The van der Waals surface area contributed by atoms with Crippen molar-refractivity contribution in [3.63, 3.8) is 0 Å². The fourth-order valence-electron chi connectivity index (χ4n) is 2.66. The molecule has 7 heteroatoms. The number of furan rings is 1. The number of imide groups is 1. The van der Waals surface area contributed by atoms with Crippen LogP contribution >= 0.6 is 39.3 Å². The summed E-state index contributed by atoms with van der Waals surface area (Å²) in [5.41, 5.74) is 1.36. The molecule has 3 aromatic rings. The minimum absolute atomic E-state index is 0.301. The fraction of sp³-hybridized carbons (Fsp3) is 0. The van der Waals surface area contributed by atoms with Crippen LogP contribution in [0.1, 0.15) is 5.76 Å². The van der Waals surface area contributed by atoms with E-state index in [1.165, 1.54) is 0 Å². The van der Waals surface area contributed by atoms with Gasteiger partial charge in [0.25, 0.3) is 11.1 Å². The number of thioether (sulfide) groups is 1. The Balaban J connectivity index is 1.62. The van der Waals surface area contributed by atoms with Crippen LogP contribution in [0.25, 0.3) is 17.4 Å². The summed E-state index contributed by atoms with van der Waals surface area (Å²) >= 11 is 10.3. The molecule has 0 radical (unpaired) electrons. The molecule has 1 fully saturated rings. The van der Waals surface area contributed by atoms with Crippen LogP contribution in [0.4, 0.5) is 10.5 Å². The van der Waals surface area contributed by atoms with E-state index in [4.69, 9.17) is 16.0 Å². The number of carbonyl (C=O) groups excluding carboxylic acids is 2. The van der Waals surface area contributed by atoms with E-state index in [-0.39, 0.29) is 5.24 Å².